The van der Waals surface area contributed by atoms with Gasteiger partial charge in [-0.2, -0.15) is 5.10 Å². The van der Waals surface area contributed by atoms with Crippen LogP contribution in [0.25, 0.3) is 0 Å². The van der Waals surface area contributed by atoms with Crippen molar-refractivity contribution in [2.24, 2.45) is 0 Å². The third kappa shape index (κ3) is 3.11. The smallest absolute Gasteiger partial charge is 0.230 e. The maximum absolute atomic E-state index is 12.8. The number of fused-ring (bicyclic) bond motifs is 1. The predicted molar refractivity (Wildman–Crippen MR) is 77.4 cm³/mol. The van der Waals surface area contributed by atoms with E-state index in [2.05, 4.69) is 27.5 Å². The van der Waals surface area contributed by atoms with Crippen LogP contribution in [0.1, 0.15) is 16.8 Å². The number of anilines is 1. The van der Waals surface area contributed by atoms with Gasteiger partial charge in [0.25, 0.3) is 0 Å². The van der Waals surface area contributed by atoms with Crippen LogP contribution < -0.4 is 5.32 Å². The minimum atomic E-state index is -0.301. The fourth-order valence-corrected chi connectivity index (χ4v) is 2.52. The van der Waals surface area contributed by atoms with Crippen LogP contribution in [0.3, 0.4) is 0 Å². The maximum Gasteiger partial charge on any atom is 0.230 e. The van der Waals surface area contributed by atoms with E-state index < -0.39 is 0 Å². The van der Waals surface area contributed by atoms with Gasteiger partial charge in [-0.3, -0.25) is 9.89 Å². The normalized spacial score (nSPS) is 14.8. The van der Waals surface area contributed by atoms with Crippen molar-refractivity contribution < 1.29 is 9.18 Å². The molecule has 0 spiro atoms. The third-order valence-corrected chi connectivity index (χ3v) is 3.66. The Kier molecular flexibility index (Phi) is 3.70. The number of likely N-dealkylation sites (N-methyl/N-ethyl adjacent to an activating group) is 1. The molecule has 2 N–H and O–H groups in total. The number of halogens is 1. The van der Waals surface area contributed by atoms with E-state index in [1.165, 1.54) is 12.1 Å². The summed E-state index contributed by atoms with van der Waals surface area (Å²) in [6, 6.07) is 5.94. The molecule has 1 aliphatic rings. The van der Waals surface area contributed by atoms with Crippen LogP contribution >= 0.6 is 0 Å². The van der Waals surface area contributed by atoms with Crippen LogP contribution in [0.15, 0.2) is 24.3 Å². The van der Waals surface area contributed by atoms with Gasteiger partial charge in [-0.05, 0) is 31.2 Å². The van der Waals surface area contributed by atoms with E-state index in [-0.39, 0.29) is 18.1 Å². The first-order chi connectivity index (χ1) is 10.1. The Hall–Kier alpha value is -2.21. The van der Waals surface area contributed by atoms with Gasteiger partial charge < -0.3 is 10.2 Å². The molecule has 0 aliphatic carbocycles. The van der Waals surface area contributed by atoms with Gasteiger partial charge in [-0.15, -0.1) is 0 Å². The highest BCUT2D eigenvalue weighted by Crippen LogP contribution is 2.22. The summed E-state index contributed by atoms with van der Waals surface area (Å²) in [5.74, 6) is 0.171. The van der Waals surface area contributed by atoms with Crippen molar-refractivity contribution in [1.29, 1.82) is 0 Å². The zero-order chi connectivity index (χ0) is 14.8. The van der Waals surface area contributed by atoms with E-state index in [9.17, 15) is 9.18 Å². The molecule has 2 aromatic rings. The Morgan fingerprint density at radius 1 is 1.43 bits per heavy atom. The highest BCUT2D eigenvalue weighted by atomic mass is 19.1. The highest BCUT2D eigenvalue weighted by Gasteiger charge is 2.20. The van der Waals surface area contributed by atoms with E-state index in [0.29, 0.717) is 5.82 Å². The number of hydrogen-bond acceptors (Lipinski definition) is 3. The molecule has 1 aromatic heterocycles. The van der Waals surface area contributed by atoms with Gasteiger partial charge in [0, 0.05) is 18.7 Å². The number of benzene rings is 1. The molecule has 0 fully saturated rings. The fourth-order valence-electron chi connectivity index (χ4n) is 2.52. The van der Waals surface area contributed by atoms with E-state index in [4.69, 9.17) is 0 Å². The molecule has 0 saturated heterocycles. The number of aromatic nitrogens is 2. The summed E-state index contributed by atoms with van der Waals surface area (Å²) in [6.45, 7) is 1.77. The van der Waals surface area contributed by atoms with Crippen molar-refractivity contribution in [3.05, 3.63) is 46.9 Å². The molecule has 0 radical (unpaired) electrons. The lowest BCUT2D eigenvalue weighted by molar-refractivity contribution is -0.115. The number of carbonyl (C=O) groups excluding carboxylic acids is 1. The molecule has 3 rings (SSSR count). The number of H-pyrrole nitrogens is 1. The molecule has 5 nitrogen and oxygen atoms in total. The summed E-state index contributed by atoms with van der Waals surface area (Å²) in [7, 11) is 2.05. The van der Waals surface area contributed by atoms with E-state index >= 15 is 0 Å². The number of hydrogen-bond donors (Lipinski definition) is 2. The first-order valence-corrected chi connectivity index (χ1v) is 6.91. The molecular weight excluding hydrogens is 271 g/mol. The van der Waals surface area contributed by atoms with Crippen LogP contribution in [-0.2, 0) is 24.2 Å². The predicted octanol–water partition coefficient (Wildman–Crippen LogP) is 1.72. The van der Waals surface area contributed by atoms with Crippen molar-refractivity contribution in [3.8, 4) is 0 Å². The number of nitrogens with zero attached hydrogens (tertiary/aromatic N) is 2. The quantitative estimate of drug-likeness (QED) is 0.904. The first kappa shape index (κ1) is 13.8. The lowest BCUT2D eigenvalue weighted by Gasteiger charge is -2.21. The van der Waals surface area contributed by atoms with Crippen LogP contribution in [0.4, 0.5) is 10.2 Å². The van der Waals surface area contributed by atoms with Gasteiger partial charge in [0.1, 0.15) is 5.82 Å². The molecule has 0 unspecified atom stereocenters. The Morgan fingerprint density at radius 2 is 2.19 bits per heavy atom. The second kappa shape index (κ2) is 5.65. The second-order valence-electron chi connectivity index (χ2n) is 5.37. The van der Waals surface area contributed by atoms with Gasteiger partial charge >= 0.3 is 0 Å². The second-order valence-corrected chi connectivity index (χ2v) is 5.37. The lowest BCUT2D eigenvalue weighted by atomic mass is 10.1. The molecule has 1 aliphatic heterocycles. The third-order valence-electron chi connectivity index (χ3n) is 3.66. The standard InChI is InChI=1S/C15H17FN4O/c1-20-7-6-12-13(9-20)18-19-15(12)17-14(21)8-10-2-4-11(16)5-3-10/h2-5H,6-9H2,1H3,(H2,17,18,19,21). The van der Waals surface area contributed by atoms with Gasteiger partial charge in [-0.1, -0.05) is 12.1 Å². The minimum Gasteiger partial charge on any atom is -0.309 e. The summed E-state index contributed by atoms with van der Waals surface area (Å²) in [5, 5.41) is 10.00. The molecule has 110 valence electrons. The average molecular weight is 288 g/mol. The van der Waals surface area contributed by atoms with Crippen molar-refractivity contribution in [2.75, 3.05) is 18.9 Å². The molecule has 6 heteroatoms. The van der Waals surface area contributed by atoms with E-state index in [1.807, 2.05) is 0 Å². The largest absolute Gasteiger partial charge is 0.309 e. The Balaban J connectivity index is 1.67. The molecule has 0 saturated carbocycles. The fraction of sp³-hybridized carbons (Fsp3) is 0.333. The number of aromatic amines is 1. The molecule has 0 bridgehead atoms. The Labute approximate surface area is 122 Å². The minimum absolute atomic E-state index is 0.144. The monoisotopic (exact) mass is 288 g/mol. The molecule has 0 atom stereocenters. The summed E-state index contributed by atoms with van der Waals surface area (Å²) < 4.78 is 12.8. The summed E-state index contributed by atoms with van der Waals surface area (Å²) in [4.78, 5) is 14.2. The topological polar surface area (TPSA) is 61.0 Å². The van der Waals surface area contributed by atoms with Crippen LogP contribution in [-0.4, -0.2) is 34.6 Å². The first-order valence-electron chi connectivity index (χ1n) is 6.91. The van der Waals surface area contributed by atoms with E-state index in [1.54, 1.807) is 12.1 Å². The molecular formula is C15H17FN4O. The van der Waals surface area contributed by atoms with Gasteiger partial charge in [-0.25, -0.2) is 4.39 Å². The van der Waals surface area contributed by atoms with Crippen molar-refractivity contribution in [2.45, 2.75) is 19.4 Å². The number of amides is 1. The van der Waals surface area contributed by atoms with Gasteiger partial charge in [0.05, 0.1) is 12.1 Å². The molecule has 1 aromatic carbocycles. The van der Waals surface area contributed by atoms with E-state index in [0.717, 1.165) is 36.3 Å². The number of rotatable bonds is 3. The lowest BCUT2D eigenvalue weighted by Crippen LogP contribution is -2.26. The molecule has 1 amide bonds. The zero-order valence-electron chi connectivity index (χ0n) is 11.8. The molecule has 2 heterocycles. The number of nitrogens with one attached hydrogen (secondary N) is 2. The van der Waals surface area contributed by atoms with Gasteiger partial charge in [0.15, 0.2) is 5.82 Å². The van der Waals surface area contributed by atoms with Crippen LogP contribution in [0.5, 0.6) is 0 Å². The summed E-state index contributed by atoms with van der Waals surface area (Å²) in [6.07, 6.45) is 1.08. The molecule has 21 heavy (non-hydrogen) atoms. The highest BCUT2D eigenvalue weighted by molar-refractivity contribution is 5.92. The summed E-state index contributed by atoms with van der Waals surface area (Å²) >= 11 is 0. The Morgan fingerprint density at radius 3 is 2.95 bits per heavy atom. The van der Waals surface area contributed by atoms with Crippen molar-refractivity contribution in [3.63, 3.8) is 0 Å². The summed E-state index contributed by atoms with van der Waals surface area (Å²) in [5.41, 5.74) is 2.92. The van der Waals surface area contributed by atoms with Gasteiger partial charge in [0.2, 0.25) is 5.91 Å². The van der Waals surface area contributed by atoms with Crippen molar-refractivity contribution in [1.82, 2.24) is 15.1 Å². The average Bonchev–Trinajstić information content (AvgIpc) is 2.83. The number of carbonyl (C=O) groups is 1. The van der Waals surface area contributed by atoms with Crippen molar-refractivity contribution >= 4 is 11.7 Å². The SMILES string of the molecule is CN1CCc2c(NC(=O)Cc3ccc(F)cc3)n[nH]c2C1. The van der Waals surface area contributed by atoms with Crippen LogP contribution in [0, 0.1) is 5.82 Å². The zero-order valence-corrected chi connectivity index (χ0v) is 11.8. The maximum atomic E-state index is 12.8. The van der Waals surface area contributed by atoms with Crippen LogP contribution in [0.2, 0.25) is 0 Å². The Bertz CT molecular complexity index is 650.